The molecular weight excluding hydrogens is 374 g/mol. The molecule has 0 N–H and O–H groups in total. The Morgan fingerprint density at radius 3 is 2.68 bits per heavy atom. The van der Waals surface area contributed by atoms with E-state index in [0.29, 0.717) is 11.4 Å². The van der Waals surface area contributed by atoms with E-state index < -0.39 is 10.0 Å². The zero-order valence-electron chi connectivity index (χ0n) is 15.4. The first-order valence-corrected chi connectivity index (χ1v) is 10.6. The van der Waals surface area contributed by atoms with E-state index in [-0.39, 0.29) is 10.9 Å². The van der Waals surface area contributed by atoms with Crippen molar-refractivity contribution in [3.8, 4) is 0 Å². The first-order valence-electron chi connectivity index (χ1n) is 9.17. The lowest BCUT2D eigenvalue weighted by molar-refractivity contribution is 0.393. The Balaban J connectivity index is 1.40. The minimum Gasteiger partial charge on any atom is -0.354 e. The number of sulfonamides is 1. The van der Waals surface area contributed by atoms with Crippen LogP contribution in [0.5, 0.6) is 0 Å². The summed E-state index contributed by atoms with van der Waals surface area (Å²) in [7, 11) is -1.70. The molecule has 2 aromatic carbocycles. The quantitative estimate of drug-likeness (QED) is 0.665. The molecule has 28 heavy (non-hydrogen) atoms. The molecule has 0 amide bonds. The van der Waals surface area contributed by atoms with Gasteiger partial charge < -0.3 is 9.80 Å². The molecule has 7 nitrogen and oxygen atoms in total. The largest absolute Gasteiger partial charge is 0.354 e. The SMILES string of the molecule is CN(C1=NS(=O)(=O)c2ccccc21)C1CCN(c2cnc3ccccc3n2)C1. The van der Waals surface area contributed by atoms with Crippen molar-refractivity contribution in [2.75, 3.05) is 25.0 Å². The molecule has 0 aliphatic carbocycles. The minimum atomic E-state index is -3.61. The summed E-state index contributed by atoms with van der Waals surface area (Å²) in [6.07, 6.45) is 2.70. The highest BCUT2D eigenvalue weighted by atomic mass is 32.2. The van der Waals surface area contributed by atoms with Crippen molar-refractivity contribution >= 4 is 32.7 Å². The van der Waals surface area contributed by atoms with Gasteiger partial charge in [-0.3, -0.25) is 4.98 Å². The number of aromatic nitrogens is 2. The van der Waals surface area contributed by atoms with Gasteiger partial charge in [0.2, 0.25) is 0 Å². The van der Waals surface area contributed by atoms with Crippen molar-refractivity contribution < 1.29 is 8.42 Å². The maximum absolute atomic E-state index is 12.4. The molecule has 1 atom stereocenters. The van der Waals surface area contributed by atoms with E-state index in [1.54, 1.807) is 18.3 Å². The second-order valence-corrected chi connectivity index (χ2v) is 8.67. The molecule has 3 heterocycles. The Hall–Kier alpha value is -3.00. The van der Waals surface area contributed by atoms with Crippen LogP contribution in [0.15, 0.2) is 64.0 Å². The molecule has 0 bridgehead atoms. The Labute approximate surface area is 163 Å². The number of hydrogen-bond donors (Lipinski definition) is 0. The fourth-order valence-electron chi connectivity index (χ4n) is 3.88. The number of fused-ring (bicyclic) bond motifs is 2. The summed E-state index contributed by atoms with van der Waals surface area (Å²) >= 11 is 0. The van der Waals surface area contributed by atoms with Crippen molar-refractivity contribution in [3.63, 3.8) is 0 Å². The third kappa shape index (κ3) is 2.72. The van der Waals surface area contributed by atoms with Gasteiger partial charge in [0.05, 0.1) is 17.2 Å². The van der Waals surface area contributed by atoms with Gasteiger partial charge in [-0.05, 0) is 30.7 Å². The summed E-state index contributed by atoms with van der Waals surface area (Å²) in [4.78, 5) is 13.7. The molecule has 8 heteroatoms. The first kappa shape index (κ1) is 17.1. The smallest absolute Gasteiger partial charge is 0.285 e. The van der Waals surface area contributed by atoms with E-state index in [1.165, 1.54) is 0 Å². The predicted molar refractivity (Wildman–Crippen MR) is 108 cm³/mol. The zero-order chi connectivity index (χ0) is 19.3. The van der Waals surface area contributed by atoms with Crippen LogP contribution < -0.4 is 4.90 Å². The number of anilines is 1. The normalized spacial score (nSPS) is 20.2. The molecule has 0 radical (unpaired) electrons. The lowest BCUT2D eigenvalue weighted by Crippen LogP contribution is -2.39. The molecule has 1 fully saturated rings. The van der Waals surface area contributed by atoms with E-state index in [1.807, 2.05) is 48.3 Å². The second kappa shape index (κ2) is 6.27. The van der Waals surface area contributed by atoms with Gasteiger partial charge in [0.1, 0.15) is 10.7 Å². The number of benzene rings is 2. The average molecular weight is 393 g/mol. The van der Waals surface area contributed by atoms with Crippen LogP contribution in [0, 0.1) is 0 Å². The monoisotopic (exact) mass is 393 g/mol. The number of amidine groups is 1. The maximum Gasteiger partial charge on any atom is 0.285 e. The topological polar surface area (TPSA) is 78.8 Å². The molecule has 142 valence electrons. The minimum absolute atomic E-state index is 0.147. The highest BCUT2D eigenvalue weighted by Crippen LogP contribution is 2.30. The van der Waals surface area contributed by atoms with Crippen LogP contribution in [0.2, 0.25) is 0 Å². The number of nitrogens with zero attached hydrogens (tertiary/aromatic N) is 5. The van der Waals surface area contributed by atoms with Crippen LogP contribution in [0.3, 0.4) is 0 Å². The summed E-state index contributed by atoms with van der Waals surface area (Å²) in [5.74, 6) is 1.36. The van der Waals surface area contributed by atoms with Gasteiger partial charge in [-0.1, -0.05) is 24.3 Å². The van der Waals surface area contributed by atoms with Gasteiger partial charge in [-0.15, -0.1) is 4.40 Å². The van der Waals surface area contributed by atoms with Crippen molar-refractivity contribution in [2.45, 2.75) is 17.4 Å². The summed E-state index contributed by atoms with van der Waals surface area (Å²) in [5, 5.41) is 0. The van der Waals surface area contributed by atoms with Gasteiger partial charge in [0.25, 0.3) is 10.0 Å². The Bertz CT molecular complexity index is 1210. The lowest BCUT2D eigenvalue weighted by Gasteiger charge is -2.26. The average Bonchev–Trinajstić information content (AvgIpc) is 3.31. The van der Waals surface area contributed by atoms with Gasteiger partial charge in [0, 0.05) is 31.7 Å². The first-order chi connectivity index (χ1) is 13.5. The molecule has 1 saturated heterocycles. The van der Waals surface area contributed by atoms with Crippen molar-refractivity contribution in [3.05, 3.63) is 60.3 Å². The van der Waals surface area contributed by atoms with Crippen LogP contribution in [0.1, 0.15) is 12.0 Å². The molecule has 2 aliphatic heterocycles. The lowest BCUT2D eigenvalue weighted by atomic mass is 10.1. The van der Waals surface area contributed by atoms with E-state index >= 15 is 0 Å². The maximum atomic E-state index is 12.4. The van der Waals surface area contributed by atoms with Crippen molar-refractivity contribution in [2.24, 2.45) is 4.40 Å². The summed E-state index contributed by atoms with van der Waals surface area (Å²) < 4.78 is 28.7. The van der Waals surface area contributed by atoms with Gasteiger partial charge in [0.15, 0.2) is 5.84 Å². The third-order valence-corrected chi connectivity index (χ3v) is 6.74. The zero-order valence-corrected chi connectivity index (χ0v) is 16.2. The highest BCUT2D eigenvalue weighted by molar-refractivity contribution is 7.90. The standard InChI is InChI=1S/C20H19N5O2S/c1-24(20-15-6-2-5-9-18(15)28(26,27)23-20)14-10-11-25(13-14)19-12-21-16-7-3-4-8-17(16)22-19/h2-9,12,14H,10-11,13H2,1H3. The summed E-state index contributed by atoms with van der Waals surface area (Å²) in [5.41, 5.74) is 2.42. The number of para-hydroxylation sites is 2. The van der Waals surface area contributed by atoms with E-state index in [2.05, 4.69) is 14.3 Å². The second-order valence-electron chi connectivity index (χ2n) is 7.10. The van der Waals surface area contributed by atoms with E-state index in [0.717, 1.165) is 36.4 Å². The molecule has 1 aromatic heterocycles. The Kier molecular flexibility index (Phi) is 3.83. The van der Waals surface area contributed by atoms with Gasteiger partial charge in [-0.2, -0.15) is 8.42 Å². The van der Waals surface area contributed by atoms with Crippen LogP contribution in [-0.4, -0.2) is 55.3 Å². The molecule has 5 rings (SSSR count). The molecule has 0 saturated carbocycles. The van der Waals surface area contributed by atoms with Crippen LogP contribution >= 0.6 is 0 Å². The Morgan fingerprint density at radius 1 is 1.07 bits per heavy atom. The van der Waals surface area contributed by atoms with Gasteiger partial charge in [-0.25, -0.2) is 4.98 Å². The Morgan fingerprint density at radius 2 is 1.82 bits per heavy atom. The predicted octanol–water partition coefficient (Wildman–Crippen LogP) is 2.29. The van der Waals surface area contributed by atoms with Crippen LogP contribution in [-0.2, 0) is 10.0 Å². The molecule has 2 aliphatic rings. The number of rotatable bonds is 2. The fraction of sp³-hybridized carbons (Fsp3) is 0.250. The molecule has 3 aromatic rings. The fourth-order valence-corrected chi connectivity index (χ4v) is 5.12. The van der Waals surface area contributed by atoms with E-state index in [4.69, 9.17) is 4.98 Å². The summed E-state index contributed by atoms with van der Waals surface area (Å²) in [6.45, 7) is 1.58. The van der Waals surface area contributed by atoms with Crippen molar-refractivity contribution in [1.82, 2.24) is 14.9 Å². The number of hydrogen-bond acceptors (Lipinski definition) is 6. The summed E-state index contributed by atoms with van der Waals surface area (Å²) in [6, 6.07) is 15.0. The molecular formula is C20H19N5O2S. The highest BCUT2D eigenvalue weighted by Gasteiger charge is 2.35. The number of likely N-dealkylation sites (N-methyl/N-ethyl adjacent to an activating group) is 1. The molecule has 0 spiro atoms. The third-order valence-electron chi connectivity index (χ3n) is 5.42. The van der Waals surface area contributed by atoms with Gasteiger partial charge >= 0.3 is 0 Å². The van der Waals surface area contributed by atoms with Crippen LogP contribution in [0.25, 0.3) is 11.0 Å². The van der Waals surface area contributed by atoms with Crippen LogP contribution in [0.4, 0.5) is 5.82 Å². The van der Waals surface area contributed by atoms with E-state index in [9.17, 15) is 8.42 Å². The van der Waals surface area contributed by atoms with Crippen molar-refractivity contribution in [1.29, 1.82) is 0 Å². The molecule has 1 unspecified atom stereocenters.